The second-order valence-electron chi connectivity index (χ2n) is 4.87. The van der Waals surface area contributed by atoms with Gasteiger partial charge in [0.1, 0.15) is 0 Å². The number of para-hydroxylation sites is 2. The number of piperazine rings is 1. The third-order valence-corrected chi connectivity index (χ3v) is 3.61. The van der Waals surface area contributed by atoms with E-state index in [1.54, 1.807) is 0 Å². The summed E-state index contributed by atoms with van der Waals surface area (Å²) in [6, 6.07) is 12.8. The molecule has 3 nitrogen and oxygen atoms in total. The molecule has 1 saturated heterocycles. The lowest BCUT2D eigenvalue weighted by molar-refractivity contribution is 0.313. The molecule has 18 heavy (non-hydrogen) atoms. The number of likely N-dealkylation sites (N-methyl/N-ethyl adjacent to an activating group) is 1. The average Bonchev–Trinajstić information content (AvgIpc) is 2.93. The van der Waals surface area contributed by atoms with Crippen LogP contribution in [0.1, 0.15) is 0 Å². The Morgan fingerprint density at radius 1 is 0.778 bits per heavy atom. The van der Waals surface area contributed by atoms with Crippen LogP contribution < -0.4 is 4.90 Å². The van der Waals surface area contributed by atoms with E-state index in [0.717, 1.165) is 26.2 Å². The van der Waals surface area contributed by atoms with E-state index < -0.39 is 0 Å². The maximum atomic E-state index is 2.48. The average molecular weight is 241 g/mol. The number of aromatic nitrogens is 1. The fourth-order valence-electron chi connectivity index (χ4n) is 2.49. The van der Waals surface area contributed by atoms with Gasteiger partial charge in [0, 0.05) is 38.6 Å². The van der Waals surface area contributed by atoms with E-state index in [1.807, 2.05) is 0 Å². The minimum Gasteiger partial charge on any atom is -0.367 e. The Balaban J connectivity index is 1.92. The molecule has 0 unspecified atom stereocenters. The molecule has 1 aliphatic rings. The van der Waals surface area contributed by atoms with Crippen LogP contribution in [0.4, 0.5) is 5.69 Å². The maximum absolute atomic E-state index is 2.48. The van der Waals surface area contributed by atoms with Gasteiger partial charge in [-0.25, -0.2) is 0 Å². The summed E-state index contributed by atoms with van der Waals surface area (Å²) >= 11 is 0. The second-order valence-corrected chi connectivity index (χ2v) is 4.87. The molecule has 0 aliphatic carbocycles. The zero-order chi connectivity index (χ0) is 12.4. The maximum Gasteiger partial charge on any atom is 0.0684 e. The minimum atomic E-state index is 1.11. The molecule has 1 fully saturated rings. The van der Waals surface area contributed by atoms with Crippen molar-refractivity contribution in [2.24, 2.45) is 0 Å². The van der Waals surface area contributed by atoms with Gasteiger partial charge in [0.2, 0.25) is 0 Å². The van der Waals surface area contributed by atoms with Gasteiger partial charge >= 0.3 is 0 Å². The fraction of sp³-hybridized carbons (Fsp3) is 0.333. The molecule has 1 aliphatic heterocycles. The summed E-state index contributed by atoms with van der Waals surface area (Å²) < 4.78 is 2.19. The van der Waals surface area contributed by atoms with Crippen molar-refractivity contribution in [3.8, 4) is 5.69 Å². The summed E-state index contributed by atoms with van der Waals surface area (Å²) in [6.07, 6.45) is 4.21. The first-order chi connectivity index (χ1) is 8.84. The van der Waals surface area contributed by atoms with Gasteiger partial charge < -0.3 is 14.4 Å². The quantitative estimate of drug-likeness (QED) is 0.799. The van der Waals surface area contributed by atoms with Crippen molar-refractivity contribution in [2.45, 2.75) is 0 Å². The van der Waals surface area contributed by atoms with Crippen molar-refractivity contribution in [3.05, 3.63) is 48.8 Å². The van der Waals surface area contributed by atoms with Crippen molar-refractivity contribution >= 4 is 5.69 Å². The monoisotopic (exact) mass is 241 g/mol. The standard InChI is InChI=1S/C15H19N3/c1-16-10-12-18(13-11-16)15-7-3-2-6-14(15)17-8-4-5-9-17/h2-9H,10-13H2,1H3. The zero-order valence-electron chi connectivity index (χ0n) is 10.8. The Labute approximate surface area is 108 Å². The Hall–Kier alpha value is -1.74. The summed E-state index contributed by atoms with van der Waals surface area (Å²) in [6.45, 7) is 4.49. The van der Waals surface area contributed by atoms with Gasteiger partial charge in [-0.05, 0) is 31.3 Å². The molecule has 1 aromatic carbocycles. The Kier molecular flexibility index (Phi) is 3.07. The predicted octanol–water partition coefficient (Wildman–Crippen LogP) is 2.23. The largest absolute Gasteiger partial charge is 0.367 e. The van der Waals surface area contributed by atoms with Crippen LogP contribution in [-0.2, 0) is 0 Å². The number of hydrogen-bond acceptors (Lipinski definition) is 2. The molecule has 0 N–H and O–H groups in total. The van der Waals surface area contributed by atoms with E-state index in [4.69, 9.17) is 0 Å². The molecule has 0 spiro atoms. The van der Waals surface area contributed by atoms with E-state index in [-0.39, 0.29) is 0 Å². The van der Waals surface area contributed by atoms with Gasteiger partial charge in [-0.15, -0.1) is 0 Å². The van der Waals surface area contributed by atoms with Crippen LogP contribution in [-0.4, -0.2) is 42.7 Å². The number of nitrogens with zero attached hydrogens (tertiary/aromatic N) is 3. The van der Waals surface area contributed by atoms with Crippen LogP contribution >= 0.6 is 0 Å². The molecule has 3 rings (SSSR count). The minimum absolute atomic E-state index is 1.11. The Bertz CT molecular complexity index is 496. The highest BCUT2D eigenvalue weighted by molar-refractivity contribution is 5.63. The van der Waals surface area contributed by atoms with Crippen LogP contribution in [0.15, 0.2) is 48.8 Å². The van der Waals surface area contributed by atoms with Gasteiger partial charge in [-0.2, -0.15) is 0 Å². The summed E-state index contributed by atoms with van der Waals surface area (Å²) in [7, 11) is 2.19. The van der Waals surface area contributed by atoms with Crippen molar-refractivity contribution in [1.29, 1.82) is 0 Å². The van der Waals surface area contributed by atoms with E-state index in [0.29, 0.717) is 0 Å². The summed E-state index contributed by atoms with van der Waals surface area (Å²) in [5, 5.41) is 0. The molecule has 0 saturated carbocycles. The number of rotatable bonds is 2. The highest BCUT2D eigenvalue weighted by atomic mass is 15.3. The Morgan fingerprint density at radius 3 is 2.06 bits per heavy atom. The molecular weight excluding hydrogens is 222 g/mol. The highest BCUT2D eigenvalue weighted by Gasteiger charge is 2.16. The van der Waals surface area contributed by atoms with Crippen molar-refractivity contribution in [3.63, 3.8) is 0 Å². The first kappa shape index (κ1) is 11.4. The normalized spacial score (nSPS) is 17.1. The van der Waals surface area contributed by atoms with E-state index in [2.05, 4.69) is 70.2 Å². The molecule has 0 amide bonds. The molecule has 2 heterocycles. The second kappa shape index (κ2) is 4.86. The van der Waals surface area contributed by atoms with Gasteiger partial charge in [-0.3, -0.25) is 0 Å². The molecular formula is C15H19N3. The first-order valence-corrected chi connectivity index (χ1v) is 6.50. The zero-order valence-corrected chi connectivity index (χ0v) is 10.8. The molecule has 0 atom stereocenters. The number of benzene rings is 1. The van der Waals surface area contributed by atoms with Crippen LogP contribution in [0, 0.1) is 0 Å². The summed E-state index contributed by atoms with van der Waals surface area (Å²) in [5.41, 5.74) is 2.61. The third kappa shape index (κ3) is 2.14. The van der Waals surface area contributed by atoms with Crippen molar-refractivity contribution in [1.82, 2.24) is 9.47 Å². The lowest BCUT2D eigenvalue weighted by atomic mass is 10.2. The molecule has 0 radical (unpaired) electrons. The molecule has 0 bridgehead atoms. The van der Waals surface area contributed by atoms with Gasteiger partial charge in [0.05, 0.1) is 11.4 Å². The van der Waals surface area contributed by atoms with Crippen LogP contribution in [0.25, 0.3) is 5.69 Å². The lowest BCUT2D eigenvalue weighted by Gasteiger charge is -2.35. The lowest BCUT2D eigenvalue weighted by Crippen LogP contribution is -2.44. The van der Waals surface area contributed by atoms with E-state index >= 15 is 0 Å². The SMILES string of the molecule is CN1CCN(c2ccccc2-n2cccc2)CC1. The smallest absolute Gasteiger partial charge is 0.0684 e. The molecule has 1 aromatic heterocycles. The van der Waals surface area contributed by atoms with E-state index in [1.165, 1.54) is 11.4 Å². The molecule has 94 valence electrons. The predicted molar refractivity (Wildman–Crippen MR) is 75.5 cm³/mol. The van der Waals surface area contributed by atoms with Crippen LogP contribution in [0.2, 0.25) is 0 Å². The van der Waals surface area contributed by atoms with Gasteiger partial charge in [0.15, 0.2) is 0 Å². The summed E-state index contributed by atoms with van der Waals surface area (Å²) in [5.74, 6) is 0. The van der Waals surface area contributed by atoms with Crippen LogP contribution in [0.5, 0.6) is 0 Å². The summed E-state index contributed by atoms with van der Waals surface area (Å²) in [4.78, 5) is 4.87. The van der Waals surface area contributed by atoms with Gasteiger partial charge in [0.25, 0.3) is 0 Å². The van der Waals surface area contributed by atoms with E-state index in [9.17, 15) is 0 Å². The number of hydrogen-bond donors (Lipinski definition) is 0. The number of anilines is 1. The Morgan fingerprint density at radius 2 is 1.39 bits per heavy atom. The fourth-order valence-corrected chi connectivity index (χ4v) is 2.49. The highest BCUT2D eigenvalue weighted by Crippen LogP contribution is 2.25. The van der Waals surface area contributed by atoms with Crippen LogP contribution in [0.3, 0.4) is 0 Å². The molecule has 3 heteroatoms. The first-order valence-electron chi connectivity index (χ1n) is 6.50. The van der Waals surface area contributed by atoms with Crippen molar-refractivity contribution < 1.29 is 0 Å². The van der Waals surface area contributed by atoms with Gasteiger partial charge in [-0.1, -0.05) is 12.1 Å². The van der Waals surface area contributed by atoms with Crippen molar-refractivity contribution in [2.75, 3.05) is 38.1 Å². The molecule has 2 aromatic rings. The topological polar surface area (TPSA) is 11.4 Å². The third-order valence-electron chi connectivity index (χ3n) is 3.61.